The highest BCUT2D eigenvalue weighted by molar-refractivity contribution is 8.18. The number of nitrogens with zero attached hydrogens (tertiary/aromatic N) is 2. The molecule has 0 unspecified atom stereocenters. The molecule has 1 aromatic rings. The van der Waals surface area contributed by atoms with Crippen molar-refractivity contribution < 1.29 is 14.3 Å². The first kappa shape index (κ1) is 18.6. The van der Waals surface area contributed by atoms with Crippen LogP contribution < -0.4 is 9.64 Å². The Bertz CT molecular complexity index is 753. The second kappa shape index (κ2) is 7.99. The minimum Gasteiger partial charge on any atom is -0.496 e. The summed E-state index contributed by atoms with van der Waals surface area (Å²) in [6.45, 7) is 7.56. The molecule has 0 bridgehead atoms. The molecule has 0 aromatic heterocycles. The summed E-state index contributed by atoms with van der Waals surface area (Å²) < 4.78 is 5.54. The van der Waals surface area contributed by atoms with E-state index in [1.165, 1.54) is 24.2 Å². The van der Waals surface area contributed by atoms with Gasteiger partial charge in [-0.15, -0.1) is 6.58 Å². The Morgan fingerprint density at radius 3 is 2.62 bits per heavy atom. The Labute approximate surface area is 158 Å². The molecule has 1 atom stereocenters. The molecule has 0 spiro atoms. The predicted molar refractivity (Wildman–Crippen MR) is 107 cm³/mol. The SMILES string of the molecule is C=C[C@H](C)N1C(=O)S/C(=C\c2ccc(N3CCCCC3)cc2OC)C1=O. The first-order valence-electron chi connectivity index (χ1n) is 8.87. The number of carbonyl (C=O) groups excluding carboxylic acids is 2. The molecule has 0 aliphatic carbocycles. The van der Waals surface area contributed by atoms with Gasteiger partial charge in [0.1, 0.15) is 5.75 Å². The van der Waals surface area contributed by atoms with Gasteiger partial charge in [0.05, 0.1) is 18.1 Å². The molecular weight excluding hydrogens is 348 g/mol. The normalized spacial score (nSPS) is 20.6. The number of hydrogen-bond acceptors (Lipinski definition) is 5. The summed E-state index contributed by atoms with van der Waals surface area (Å²) in [7, 11) is 1.62. The van der Waals surface area contributed by atoms with Crippen molar-refractivity contribution in [3.63, 3.8) is 0 Å². The minimum atomic E-state index is -0.322. The van der Waals surface area contributed by atoms with Gasteiger partial charge in [-0.25, -0.2) is 0 Å². The molecule has 2 amide bonds. The number of amides is 2. The van der Waals surface area contributed by atoms with Gasteiger partial charge in [0.25, 0.3) is 11.1 Å². The fraction of sp³-hybridized carbons (Fsp3) is 0.400. The summed E-state index contributed by atoms with van der Waals surface area (Å²) in [4.78, 5) is 28.7. The van der Waals surface area contributed by atoms with Crippen LogP contribution in [-0.4, -0.2) is 42.3 Å². The molecule has 5 nitrogen and oxygen atoms in total. The van der Waals surface area contributed by atoms with Crippen LogP contribution in [0.1, 0.15) is 31.7 Å². The number of ether oxygens (including phenoxy) is 1. The largest absolute Gasteiger partial charge is 0.496 e. The third-order valence-electron chi connectivity index (χ3n) is 4.80. The number of piperidine rings is 1. The lowest BCUT2D eigenvalue weighted by Gasteiger charge is -2.29. The fourth-order valence-corrected chi connectivity index (χ4v) is 4.15. The van der Waals surface area contributed by atoms with Gasteiger partial charge in [0.2, 0.25) is 0 Å². The fourth-order valence-electron chi connectivity index (χ4n) is 3.25. The third-order valence-corrected chi connectivity index (χ3v) is 5.68. The Morgan fingerprint density at radius 2 is 1.96 bits per heavy atom. The van der Waals surface area contributed by atoms with E-state index < -0.39 is 0 Å². The molecule has 3 rings (SSSR count). The zero-order chi connectivity index (χ0) is 18.7. The molecule has 2 heterocycles. The van der Waals surface area contributed by atoms with Crippen LogP contribution in [0.15, 0.2) is 35.8 Å². The average Bonchev–Trinajstić information content (AvgIpc) is 2.95. The molecule has 0 saturated carbocycles. The van der Waals surface area contributed by atoms with Crippen molar-refractivity contribution in [1.82, 2.24) is 4.90 Å². The van der Waals surface area contributed by atoms with Crippen molar-refractivity contribution in [3.05, 3.63) is 41.3 Å². The molecular formula is C20H24N2O3S. The zero-order valence-electron chi connectivity index (χ0n) is 15.2. The maximum absolute atomic E-state index is 12.6. The van der Waals surface area contributed by atoms with Crippen LogP contribution in [-0.2, 0) is 4.79 Å². The van der Waals surface area contributed by atoms with Gasteiger partial charge in [-0.3, -0.25) is 14.5 Å². The molecule has 2 saturated heterocycles. The quantitative estimate of drug-likeness (QED) is 0.570. The second-order valence-corrected chi connectivity index (χ2v) is 7.50. The van der Waals surface area contributed by atoms with Crippen LogP contribution in [0.5, 0.6) is 5.75 Å². The first-order valence-corrected chi connectivity index (χ1v) is 9.69. The van der Waals surface area contributed by atoms with E-state index in [0.29, 0.717) is 10.7 Å². The van der Waals surface area contributed by atoms with Crippen LogP contribution in [0, 0.1) is 0 Å². The van der Waals surface area contributed by atoms with Gasteiger partial charge in [-0.1, -0.05) is 6.08 Å². The highest BCUT2D eigenvalue weighted by atomic mass is 32.2. The molecule has 26 heavy (non-hydrogen) atoms. The lowest BCUT2D eigenvalue weighted by Crippen LogP contribution is -2.35. The lowest BCUT2D eigenvalue weighted by atomic mass is 10.1. The Kier molecular flexibility index (Phi) is 5.71. The third kappa shape index (κ3) is 3.65. The predicted octanol–water partition coefficient (Wildman–Crippen LogP) is 4.30. The van der Waals surface area contributed by atoms with Gasteiger partial charge < -0.3 is 9.64 Å². The maximum atomic E-state index is 12.6. The average molecular weight is 372 g/mol. The molecule has 0 N–H and O–H groups in total. The lowest BCUT2D eigenvalue weighted by molar-refractivity contribution is -0.123. The Hall–Kier alpha value is -2.21. The van der Waals surface area contributed by atoms with Crippen molar-refractivity contribution >= 4 is 34.7 Å². The highest BCUT2D eigenvalue weighted by Crippen LogP contribution is 2.36. The summed E-state index contributed by atoms with van der Waals surface area (Å²) in [5, 5.41) is -0.266. The number of carbonyl (C=O) groups is 2. The van der Waals surface area contributed by atoms with Gasteiger partial charge >= 0.3 is 0 Å². The number of benzene rings is 1. The van der Waals surface area contributed by atoms with E-state index in [1.807, 2.05) is 12.1 Å². The molecule has 2 aliphatic rings. The Balaban J connectivity index is 1.87. The minimum absolute atomic E-state index is 0.266. The molecule has 0 radical (unpaired) electrons. The summed E-state index contributed by atoms with van der Waals surface area (Å²) in [6.07, 6.45) is 7.02. The van der Waals surface area contributed by atoms with Crippen molar-refractivity contribution in [2.75, 3.05) is 25.1 Å². The molecule has 6 heteroatoms. The molecule has 2 fully saturated rings. The maximum Gasteiger partial charge on any atom is 0.294 e. The molecule has 1 aromatic carbocycles. The summed E-state index contributed by atoms with van der Waals surface area (Å²) >= 11 is 0.957. The van der Waals surface area contributed by atoms with E-state index in [1.54, 1.807) is 26.2 Å². The van der Waals surface area contributed by atoms with Gasteiger partial charge in [-0.2, -0.15) is 0 Å². The van der Waals surface area contributed by atoms with E-state index in [0.717, 1.165) is 36.1 Å². The van der Waals surface area contributed by atoms with E-state index in [4.69, 9.17) is 4.74 Å². The van der Waals surface area contributed by atoms with Gasteiger partial charge in [-0.05, 0) is 56.2 Å². The number of imide groups is 1. The standard InChI is InChI=1S/C20H24N2O3S/c1-4-14(2)22-19(23)18(26-20(22)24)12-15-8-9-16(13-17(15)25-3)21-10-6-5-7-11-21/h4,8-9,12-14H,1,5-7,10-11H2,2-3H3/b18-12-/t14-/m0/s1. The number of rotatable bonds is 5. The second-order valence-electron chi connectivity index (χ2n) is 6.50. The highest BCUT2D eigenvalue weighted by Gasteiger charge is 2.37. The number of methoxy groups -OCH3 is 1. The monoisotopic (exact) mass is 372 g/mol. The van der Waals surface area contributed by atoms with Crippen LogP contribution >= 0.6 is 11.8 Å². The number of hydrogen-bond donors (Lipinski definition) is 0. The van der Waals surface area contributed by atoms with Crippen LogP contribution in [0.4, 0.5) is 10.5 Å². The first-order chi connectivity index (χ1) is 12.5. The number of thioether (sulfide) groups is 1. The van der Waals surface area contributed by atoms with Crippen molar-refractivity contribution in [1.29, 1.82) is 0 Å². The van der Waals surface area contributed by atoms with E-state index in [-0.39, 0.29) is 17.2 Å². The van der Waals surface area contributed by atoms with Crippen LogP contribution in [0.2, 0.25) is 0 Å². The van der Waals surface area contributed by atoms with Crippen molar-refractivity contribution in [2.45, 2.75) is 32.2 Å². The smallest absolute Gasteiger partial charge is 0.294 e. The van der Waals surface area contributed by atoms with E-state index in [2.05, 4.69) is 17.5 Å². The number of anilines is 1. The van der Waals surface area contributed by atoms with Gasteiger partial charge in [0, 0.05) is 30.4 Å². The molecule has 2 aliphatic heterocycles. The zero-order valence-corrected chi connectivity index (χ0v) is 16.1. The van der Waals surface area contributed by atoms with Crippen LogP contribution in [0.3, 0.4) is 0 Å². The summed E-state index contributed by atoms with van der Waals surface area (Å²) in [5.74, 6) is 0.422. The van der Waals surface area contributed by atoms with Crippen molar-refractivity contribution in [2.24, 2.45) is 0 Å². The van der Waals surface area contributed by atoms with Gasteiger partial charge in [0.15, 0.2) is 0 Å². The van der Waals surface area contributed by atoms with Crippen molar-refractivity contribution in [3.8, 4) is 5.75 Å². The van der Waals surface area contributed by atoms with E-state index >= 15 is 0 Å². The Morgan fingerprint density at radius 1 is 1.23 bits per heavy atom. The van der Waals surface area contributed by atoms with Crippen LogP contribution in [0.25, 0.3) is 6.08 Å². The summed E-state index contributed by atoms with van der Waals surface area (Å²) in [6, 6.07) is 5.69. The van der Waals surface area contributed by atoms with E-state index in [9.17, 15) is 9.59 Å². The summed E-state index contributed by atoms with van der Waals surface area (Å²) in [5.41, 5.74) is 1.93. The molecule has 138 valence electrons. The topological polar surface area (TPSA) is 49.9 Å².